The van der Waals surface area contributed by atoms with Crippen LogP contribution in [0.15, 0.2) is 97.2 Å². The van der Waals surface area contributed by atoms with Crippen LogP contribution < -0.4 is 10.6 Å². The van der Waals surface area contributed by atoms with Gasteiger partial charge in [0.2, 0.25) is 5.91 Å². The van der Waals surface area contributed by atoms with Crippen LogP contribution in [0, 0.1) is 5.92 Å². The minimum Gasteiger partial charge on any atom is -0.445 e. The summed E-state index contributed by atoms with van der Waals surface area (Å²) in [5, 5.41) is 18.6. The van der Waals surface area contributed by atoms with Crippen LogP contribution in [0.2, 0.25) is 0 Å². The molecule has 1 heterocycles. The Morgan fingerprint density at radius 1 is 0.844 bits per heavy atom. The van der Waals surface area contributed by atoms with E-state index in [0.717, 1.165) is 35.4 Å². The molecule has 0 bridgehead atoms. The summed E-state index contributed by atoms with van der Waals surface area (Å²) in [5.41, 5.74) is 3.03. The molecule has 4 aromatic rings. The van der Waals surface area contributed by atoms with E-state index in [1.54, 1.807) is 11.3 Å². The molecular weight excluding hydrogens is 582 g/mol. The third kappa shape index (κ3) is 10.8. The summed E-state index contributed by atoms with van der Waals surface area (Å²) in [5.74, 6) is -0.595. The predicted molar refractivity (Wildman–Crippen MR) is 180 cm³/mol. The molecule has 0 aliphatic rings. The van der Waals surface area contributed by atoms with Gasteiger partial charge in [0, 0.05) is 17.0 Å². The van der Waals surface area contributed by atoms with E-state index in [-0.39, 0.29) is 24.3 Å². The third-order valence-corrected chi connectivity index (χ3v) is 9.01. The van der Waals surface area contributed by atoms with Crippen molar-refractivity contribution < 1.29 is 19.4 Å². The Balaban J connectivity index is 1.51. The number of carbonyl (C=O) groups excluding carboxylic acids is 2. The summed E-state index contributed by atoms with van der Waals surface area (Å²) in [6.45, 7) is 6.00. The number of rotatable bonds is 16. The molecule has 3 aromatic carbocycles. The number of carbonyl (C=O) groups is 2. The average Bonchev–Trinajstić information content (AvgIpc) is 3.52. The van der Waals surface area contributed by atoms with Crippen LogP contribution in [0.4, 0.5) is 4.79 Å². The first-order chi connectivity index (χ1) is 21.8. The highest BCUT2D eigenvalue weighted by molar-refractivity contribution is 7.11. The first-order valence-electron chi connectivity index (χ1n) is 15.8. The summed E-state index contributed by atoms with van der Waals surface area (Å²) >= 11 is 1.70. The Labute approximate surface area is 271 Å². The zero-order chi connectivity index (χ0) is 32.0. The number of thiazole rings is 1. The molecule has 0 aliphatic carbocycles. The number of alkyl carbamates (subject to hydrolysis) is 1. The topological polar surface area (TPSA) is 101 Å². The number of hydrogen-bond acceptors (Lipinski definition) is 6. The molecule has 0 saturated heterocycles. The summed E-state index contributed by atoms with van der Waals surface area (Å²) in [6, 6.07) is 28.0. The number of hydrogen-bond donors (Lipinski definition) is 3. The van der Waals surface area contributed by atoms with Crippen LogP contribution in [0.1, 0.15) is 66.1 Å². The average molecular weight is 628 g/mol. The zero-order valence-electron chi connectivity index (χ0n) is 26.4. The normalized spacial score (nSPS) is 13.9. The second-order valence-corrected chi connectivity index (χ2v) is 13.0. The molecule has 0 saturated carbocycles. The van der Waals surface area contributed by atoms with Crippen molar-refractivity contribution in [3.63, 3.8) is 0 Å². The number of aliphatic hydroxyl groups is 1. The fraction of sp³-hybridized carbons (Fsp3) is 0.378. The summed E-state index contributed by atoms with van der Waals surface area (Å²) in [6.07, 6.45) is 4.03. The quantitative estimate of drug-likeness (QED) is 0.126. The number of ether oxygens (including phenoxy) is 1. The fourth-order valence-corrected chi connectivity index (χ4v) is 6.48. The van der Waals surface area contributed by atoms with Gasteiger partial charge in [0.05, 0.1) is 17.2 Å². The number of nitrogens with zero attached hydrogens (tertiary/aromatic N) is 1. The van der Waals surface area contributed by atoms with Gasteiger partial charge in [-0.1, -0.05) is 118 Å². The minimum absolute atomic E-state index is 0.0276. The molecule has 8 heteroatoms. The number of aromatic nitrogens is 1. The van der Waals surface area contributed by atoms with Crippen LogP contribution in [0.3, 0.4) is 0 Å². The molecule has 0 fully saturated rings. The van der Waals surface area contributed by atoms with E-state index >= 15 is 0 Å². The van der Waals surface area contributed by atoms with Gasteiger partial charge in [0.15, 0.2) is 0 Å². The van der Waals surface area contributed by atoms with Crippen LogP contribution >= 0.6 is 11.3 Å². The van der Waals surface area contributed by atoms with Crippen LogP contribution in [-0.2, 0) is 35.4 Å². The van der Waals surface area contributed by atoms with E-state index in [0.29, 0.717) is 12.8 Å². The zero-order valence-corrected chi connectivity index (χ0v) is 27.2. The first-order valence-corrected chi connectivity index (χ1v) is 16.6. The Morgan fingerprint density at radius 2 is 1.42 bits per heavy atom. The highest BCUT2D eigenvalue weighted by Gasteiger charge is 2.31. The third-order valence-electron chi connectivity index (χ3n) is 7.79. The van der Waals surface area contributed by atoms with Gasteiger partial charge < -0.3 is 20.5 Å². The number of benzene rings is 3. The largest absolute Gasteiger partial charge is 0.445 e. The van der Waals surface area contributed by atoms with E-state index in [1.807, 2.05) is 98.9 Å². The van der Waals surface area contributed by atoms with Gasteiger partial charge in [-0.2, -0.15) is 0 Å². The van der Waals surface area contributed by atoms with E-state index in [9.17, 15) is 14.7 Å². The Bertz CT molecular complexity index is 1450. The number of aryl methyl sites for hydroxylation is 1. The number of amides is 2. The highest BCUT2D eigenvalue weighted by atomic mass is 32.1. The smallest absolute Gasteiger partial charge is 0.408 e. The molecule has 4 atom stereocenters. The minimum atomic E-state index is -0.862. The van der Waals surface area contributed by atoms with Crippen molar-refractivity contribution in [2.24, 2.45) is 5.92 Å². The molecule has 2 unspecified atom stereocenters. The standard InChI is InChI=1S/C37H45N3O4S/c1-4-14-31-24-38-36(45-31)30(21-27-15-8-5-9-16-27)23-33(41)32(22-28-17-10-6-11-18-28)39-35(42)34(26(2)3)40-37(43)44-25-29-19-12-7-13-20-29/h5-13,15-20,24,26,30,32-34,41H,4,14,21-23,25H2,1-3H3,(H,39,42)(H,40,43)/t30?,32-,33-,34?/m0/s1. The molecule has 1 aromatic heterocycles. The maximum absolute atomic E-state index is 13.7. The van der Waals surface area contributed by atoms with Crippen molar-refractivity contribution in [1.29, 1.82) is 0 Å². The summed E-state index contributed by atoms with van der Waals surface area (Å²) in [7, 11) is 0. The highest BCUT2D eigenvalue weighted by Crippen LogP contribution is 2.31. The van der Waals surface area contributed by atoms with Gasteiger partial charge in [-0.05, 0) is 48.3 Å². The van der Waals surface area contributed by atoms with Crippen LogP contribution in [-0.4, -0.2) is 40.3 Å². The summed E-state index contributed by atoms with van der Waals surface area (Å²) in [4.78, 5) is 32.4. The lowest BCUT2D eigenvalue weighted by Gasteiger charge is -2.30. The van der Waals surface area contributed by atoms with Crippen LogP contribution in [0.5, 0.6) is 0 Å². The van der Waals surface area contributed by atoms with Gasteiger partial charge in [-0.3, -0.25) is 4.79 Å². The molecule has 7 nitrogen and oxygen atoms in total. The van der Waals surface area contributed by atoms with Crippen molar-refractivity contribution >= 4 is 23.3 Å². The molecule has 0 spiro atoms. The summed E-state index contributed by atoms with van der Waals surface area (Å²) < 4.78 is 5.40. The van der Waals surface area contributed by atoms with Crippen molar-refractivity contribution in [1.82, 2.24) is 15.6 Å². The lowest BCUT2D eigenvalue weighted by Crippen LogP contribution is -2.55. The molecular formula is C37H45N3O4S. The molecule has 4 rings (SSSR count). The van der Waals surface area contributed by atoms with Gasteiger partial charge in [-0.15, -0.1) is 11.3 Å². The monoisotopic (exact) mass is 627 g/mol. The Hall–Kier alpha value is -4.01. The second-order valence-electron chi connectivity index (χ2n) is 11.8. The van der Waals surface area contributed by atoms with Crippen molar-refractivity contribution in [3.8, 4) is 0 Å². The lowest BCUT2D eigenvalue weighted by molar-refractivity contribution is -0.125. The Kier molecular flexibility index (Phi) is 13.2. The van der Waals surface area contributed by atoms with Gasteiger partial charge in [0.1, 0.15) is 12.6 Å². The van der Waals surface area contributed by atoms with E-state index in [1.165, 1.54) is 10.4 Å². The molecule has 0 aliphatic heterocycles. The van der Waals surface area contributed by atoms with Crippen molar-refractivity contribution in [2.45, 2.75) is 83.6 Å². The molecule has 2 amide bonds. The first kappa shape index (κ1) is 33.9. The van der Waals surface area contributed by atoms with Crippen molar-refractivity contribution in [2.75, 3.05) is 0 Å². The van der Waals surface area contributed by atoms with E-state index < -0.39 is 24.3 Å². The number of nitrogens with one attached hydrogen (secondary N) is 2. The number of aliphatic hydroxyl groups excluding tert-OH is 1. The Morgan fingerprint density at radius 3 is 2.00 bits per heavy atom. The second kappa shape index (κ2) is 17.5. The van der Waals surface area contributed by atoms with Gasteiger partial charge in [-0.25, -0.2) is 9.78 Å². The maximum atomic E-state index is 13.7. The predicted octanol–water partition coefficient (Wildman–Crippen LogP) is 6.85. The molecule has 238 valence electrons. The van der Waals surface area contributed by atoms with Gasteiger partial charge >= 0.3 is 6.09 Å². The molecule has 0 radical (unpaired) electrons. The molecule has 3 N–H and O–H groups in total. The SMILES string of the molecule is CCCc1cnc(C(Cc2ccccc2)C[C@H](O)[C@H](Cc2ccccc2)NC(=O)C(NC(=O)OCc2ccccc2)C(C)C)s1. The lowest BCUT2D eigenvalue weighted by atomic mass is 9.89. The maximum Gasteiger partial charge on any atom is 0.408 e. The molecule has 45 heavy (non-hydrogen) atoms. The van der Waals surface area contributed by atoms with Crippen LogP contribution in [0.25, 0.3) is 0 Å². The fourth-order valence-electron chi connectivity index (χ4n) is 5.35. The van der Waals surface area contributed by atoms with E-state index in [2.05, 4.69) is 29.7 Å². The van der Waals surface area contributed by atoms with E-state index in [4.69, 9.17) is 9.72 Å². The van der Waals surface area contributed by atoms with Gasteiger partial charge in [0.25, 0.3) is 0 Å². The van der Waals surface area contributed by atoms with Crippen molar-refractivity contribution in [3.05, 3.63) is 124 Å².